The summed E-state index contributed by atoms with van der Waals surface area (Å²) in [5.41, 5.74) is 1.97. The molecule has 2 aromatic rings. The molecule has 106 valence electrons. The first-order valence-electron chi connectivity index (χ1n) is 6.22. The lowest BCUT2D eigenvalue weighted by Crippen LogP contribution is -2.29. The van der Waals surface area contributed by atoms with Crippen LogP contribution in [0.25, 0.3) is 0 Å². The number of carboxylic acids is 1. The molecule has 1 aromatic heterocycles. The number of rotatable bonds is 6. The van der Waals surface area contributed by atoms with Crippen LogP contribution in [0.2, 0.25) is 0 Å². The summed E-state index contributed by atoms with van der Waals surface area (Å²) < 4.78 is 0.983. The normalized spacial score (nSPS) is 10.9. The Hall–Kier alpha value is -1.66. The van der Waals surface area contributed by atoms with Crippen LogP contribution in [0.15, 0.2) is 34.9 Å². The highest BCUT2D eigenvalue weighted by Gasteiger charge is 2.13. The monoisotopic (exact) mass is 337 g/mol. The molecular formula is C14H16BrN3O2. The maximum absolute atomic E-state index is 11.0. The van der Waals surface area contributed by atoms with Gasteiger partial charge in [-0.2, -0.15) is 0 Å². The molecule has 0 aliphatic rings. The van der Waals surface area contributed by atoms with Gasteiger partial charge in [0.25, 0.3) is 0 Å². The fourth-order valence-corrected chi connectivity index (χ4v) is 2.43. The minimum Gasteiger partial charge on any atom is -0.480 e. The van der Waals surface area contributed by atoms with E-state index < -0.39 is 5.97 Å². The molecule has 1 aromatic carbocycles. The number of hydrogen-bond acceptors (Lipinski definition) is 3. The number of halogens is 1. The SMILES string of the molecule is Cc1ncc(CN(CC(=O)O)Cc2ccccc2Br)[nH]1. The second-order valence-corrected chi connectivity index (χ2v) is 5.48. The molecule has 0 aliphatic heterocycles. The third kappa shape index (κ3) is 4.18. The molecule has 5 nitrogen and oxygen atoms in total. The van der Waals surface area contributed by atoms with Crippen molar-refractivity contribution in [3.05, 3.63) is 52.0 Å². The van der Waals surface area contributed by atoms with Crippen molar-refractivity contribution in [2.75, 3.05) is 6.54 Å². The smallest absolute Gasteiger partial charge is 0.317 e. The highest BCUT2D eigenvalue weighted by Crippen LogP contribution is 2.18. The molecular weight excluding hydrogens is 322 g/mol. The summed E-state index contributed by atoms with van der Waals surface area (Å²) in [6.45, 7) is 2.94. The molecule has 20 heavy (non-hydrogen) atoms. The zero-order valence-electron chi connectivity index (χ0n) is 11.1. The molecule has 0 saturated heterocycles. The molecule has 2 N–H and O–H groups in total. The number of hydrogen-bond donors (Lipinski definition) is 2. The average molecular weight is 338 g/mol. The van der Waals surface area contributed by atoms with Crippen LogP contribution in [0.1, 0.15) is 17.1 Å². The van der Waals surface area contributed by atoms with Crippen molar-refractivity contribution in [1.29, 1.82) is 0 Å². The van der Waals surface area contributed by atoms with E-state index in [0.29, 0.717) is 13.1 Å². The van der Waals surface area contributed by atoms with Crippen molar-refractivity contribution >= 4 is 21.9 Å². The lowest BCUT2D eigenvalue weighted by atomic mass is 10.2. The molecule has 6 heteroatoms. The van der Waals surface area contributed by atoms with Crippen molar-refractivity contribution in [3.8, 4) is 0 Å². The Morgan fingerprint density at radius 3 is 2.75 bits per heavy atom. The molecule has 0 bridgehead atoms. The van der Waals surface area contributed by atoms with E-state index in [1.807, 2.05) is 36.1 Å². The van der Waals surface area contributed by atoms with Crippen LogP contribution in [0, 0.1) is 6.92 Å². The highest BCUT2D eigenvalue weighted by molar-refractivity contribution is 9.10. The number of nitrogens with one attached hydrogen (secondary N) is 1. The topological polar surface area (TPSA) is 69.2 Å². The lowest BCUT2D eigenvalue weighted by Gasteiger charge is -2.20. The first-order chi connectivity index (χ1) is 9.54. The Bertz CT molecular complexity index is 598. The van der Waals surface area contributed by atoms with Crippen molar-refractivity contribution < 1.29 is 9.90 Å². The van der Waals surface area contributed by atoms with Crippen molar-refractivity contribution in [2.24, 2.45) is 0 Å². The van der Waals surface area contributed by atoms with Crippen LogP contribution >= 0.6 is 15.9 Å². The van der Waals surface area contributed by atoms with E-state index in [2.05, 4.69) is 25.9 Å². The number of carbonyl (C=O) groups is 1. The van der Waals surface area contributed by atoms with Gasteiger partial charge < -0.3 is 10.1 Å². The first kappa shape index (κ1) is 14.7. The Morgan fingerprint density at radius 2 is 2.15 bits per heavy atom. The number of benzene rings is 1. The molecule has 0 spiro atoms. The Balaban J connectivity index is 2.11. The molecule has 0 saturated carbocycles. The first-order valence-corrected chi connectivity index (χ1v) is 7.02. The summed E-state index contributed by atoms with van der Waals surface area (Å²) in [6, 6.07) is 7.82. The van der Waals surface area contributed by atoms with Gasteiger partial charge in [-0.25, -0.2) is 4.98 Å². The number of aromatic nitrogens is 2. The van der Waals surface area contributed by atoms with E-state index in [1.165, 1.54) is 0 Å². The Labute approximate surface area is 125 Å². The van der Waals surface area contributed by atoms with Gasteiger partial charge in [0.15, 0.2) is 0 Å². The van der Waals surface area contributed by atoms with Crippen molar-refractivity contribution in [3.63, 3.8) is 0 Å². The number of aromatic amines is 1. The fourth-order valence-electron chi connectivity index (χ4n) is 2.02. The summed E-state index contributed by atoms with van der Waals surface area (Å²) >= 11 is 3.49. The van der Waals surface area contributed by atoms with E-state index in [4.69, 9.17) is 5.11 Å². The summed E-state index contributed by atoms with van der Waals surface area (Å²) in [5, 5.41) is 9.04. The van der Waals surface area contributed by atoms with E-state index in [-0.39, 0.29) is 6.54 Å². The van der Waals surface area contributed by atoms with Crippen LogP contribution < -0.4 is 0 Å². The number of aryl methyl sites for hydroxylation is 1. The van der Waals surface area contributed by atoms with Gasteiger partial charge in [-0.15, -0.1) is 0 Å². The minimum absolute atomic E-state index is 0.0145. The predicted molar refractivity (Wildman–Crippen MR) is 79.2 cm³/mol. The zero-order chi connectivity index (χ0) is 14.5. The van der Waals surface area contributed by atoms with E-state index in [0.717, 1.165) is 21.6 Å². The molecule has 2 rings (SSSR count). The van der Waals surface area contributed by atoms with Crippen molar-refractivity contribution in [1.82, 2.24) is 14.9 Å². The standard InChI is InChI=1S/C14H16BrN3O2/c1-10-16-6-12(17-10)8-18(9-14(19)20)7-11-4-2-3-5-13(11)15/h2-6H,7-9H2,1H3,(H,16,17)(H,19,20). The number of carboxylic acid groups (broad SMARTS) is 1. The van der Waals surface area contributed by atoms with Crippen molar-refractivity contribution in [2.45, 2.75) is 20.0 Å². The molecule has 0 radical (unpaired) electrons. The van der Waals surface area contributed by atoms with E-state index in [1.54, 1.807) is 6.20 Å². The molecule has 0 fully saturated rings. The largest absolute Gasteiger partial charge is 0.480 e. The zero-order valence-corrected chi connectivity index (χ0v) is 12.7. The third-order valence-corrected chi connectivity index (χ3v) is 3.63. The fraction of sp³-hybridized carbons (Fsp3) is 0.286. The van der Waals surface area contributed by atoms with Gasteiger partial charge in [-0.05, 0) is 18.6 Å². The summed E-state index contributed by atoms with van der Waals surface area (Å²) in [5.74, 6) is -0.00976. The maximum Gasteiger partial charge on any atom is 0.317 e. The maximum atomic E-state index is 11.0. The summed E-state index contributed by atoms with van der Waals surface area (Å²) in [4.78, 5) is 20.1. The molecule has 0 amide bonds. The van der Waals surface area contributed by atoms with Gasteiger partial charge in [0.1, 0.15) is 5.82 Å². The number of nitrogens with zero attached hydrogens (tertiary/aromatic N) is 2. The third-order valence-electron chi connectivity index (χ3n) is 2.86. The quantitative estimate of drug-likeness (QED) is 0.849. The van der Waals surface area contributed by atoms with Crippen LogP contribution in [0.3, 0.4) is 0 Å². The molecule has 0 aliphatic carbocycles. The van der Waals surface area contributed by atoms with E-state index in [9.17, 15) is 4.79 Å². The average Bonchev–Trinajstić information content (AvgIpc) is 2.77. The van der Waals surface area contributed by atoms with Crippen LogP contribution in [0.5, 0.6) is 0 Å². The Kier molecular flexibility index (Phi) is 4.92. The van der Waals surface area contributed by atoms with Crippen LogP contribution in [-0.2, 0) is 17.9 Å². The molecule has 0 unspecified atom stereocenters. The van der Waals surface area contributed by atoms with Gasteiger partial charge in [-0.1, -0.05) is 34.1 Å². The van der Waals surface area contributed by atoms with Crippen LogP contribution in [0.4, 0.5) is 0 Å². The second kappa shape index (κ2) is 6.67. The van der Waals surface area contributed by atoms with Crippen LogP contribution in [-0.4, -0.2) is 32.5 Å². The number of H-pyrrole nitrogens is 1. The number of imidazole rings is 1. The van der Waals surface area contributed by atoms with Gasteiger partial charge in [0.2, 0.25) is 0 Å². The molecule has 0 atom stereocenters. The van der Waals surface area contributed by atoms with Gasteiger partial charge in [0, 0.05) is 29.5 Å². The number of aliphatic carboxylic acids is 1. The Morgan fingerprint density at radius 1 is 1.40 bits per heavy atom. The minimum atomic E-state index is -0.840. The highest BCUT2D eigenvalue weighted by atomic mass is 79.9. The van der Waals surface area contributed by atoms with Gasteiger partial charge in [0.05, 0.1) is 6.54 Å². The van der Waals surface area contributed by atoms with E-state index >= 15 is 0 Å². The second-order valence-electron chi connectivity index (χ2n) is 4.62. The van der Waals surface area contributed by atoms with Gasteiger partial charge in [-0.3, -0.25) is 9.69 Å². The summed E-state index contributed by atoms with van der Waals surface area (Å²) in [7, 11) is 0. The lowest BCUT2D eigenvalue weighted by molar-refractivity contribution is -0.138. The summed E-state index contributed by atoms with van der Waals surface area (Å²) in [6.07, 6.45) is 1.74. The molecule has 1 heterocycles. The van der Waals surface area contributed by atoms with Gasteiger partial charge >= 0.3 is 5.97 Å². The predicted octanol–water partition coefficient (Wildman–Crippen LogP) is 2.57.